The Kier molecular flexibility index (Phi) is 5.36. The third-order valence-corrected chi connectivity index (χ3v) is 5.79. The second kappa shape index (κ2) is 7.56. The van der Waals surface area contributed by atoms with E-state index in [2.05, 4.69) is 4.85 Å². The molecule has 1 spiro atoms. The van der Waals surface area contributed by atoms with Crippen LogP contribution < -0.4 is 4.90 Å². The normalized spacial score (nSPS) is 18.2. The monoisotopic (exact) mass is 386 g/mol. The number of carbonyl (C=O) groups excluding carboxylic acids is 2. The molecule has 0 bridgehead atoms. The maximum absolute atomic E-state index is 13.3. The molecule has 1 aromatic carbocycles. The number of urea groups is 1. The Hall–Kier alpha value is -2.61. The summed E-state index contributed by atoms with van der Waals surface area (Å²) in [6.45, 7) is 8.84. The van der Waals surface area contributed by atoms with Crippen molar-refractivity contribution in [3.05, 3.63) is 39.7 Å². The summed E-state index contributed by atoms with van der Waals surface area (Å²) in [6, 6.07) is 4.71. The predicted molar refractivity (Wildman–Crippen MR) is 99.1 cm³/mol. The lowest BCUT2D eigenvalue weighted by Crippen LogP contribution is -2.48. The van der Waals surface area contributed by atoms with Crippen LogP contribution in [0, 0.1) is 24.8 Å². The fourth-order valence-electron chi connectivity index (χ4n) is 3.95. The SMILES string of the molecule is [C-]#[N+]COCCN1C(=O)N(c2ccc(C#N)c(Cl)c2C)C(=O)C12CCCC2. The van der Waals surface area contributed by atoms with Crippen LogP contribution >= 0.6 is 11.6 Å². The Bertz CT molecular complexity index is 865. The first-order valence-electron chi connectivity index (χ1n) is 8.74. The average Bonchev–Trinajstić information content (AvgIpc) is 3.22. The molecule has 3 amide bonds. The van der Waals surface area contributed by atoms with E-state index in [4.69, 9.17) is 28.2 Å². The van der Waals surface area contributed by atoms with E-state index >= 15 is 0 Å². The summed E-state index contributed by atoms with van der Waals surface area (Å²) < 4.78 is 5.21. The number of amides is 3. The minimum Gasteiger partial charge on any atom is -0.311 e. The molecule has 1 saturated heterocycles. The van der Waals surface area contributed by atoms with Crippen LogP contribution in [0.25, 0.3) is 4.85 Å². The number of hydrogen-bond donors (Lipinski definition) is 0. The number of carbonyl (C=O) groups is 2. The van der Waals surface area contributed by atoms with Crippen molar-refractivity contribution >= 4 is 29.2 Å². The van der Waals surface area contributed by atoms with Gasteiger partial charge in [0.05, 0.1) is 22.9 Å². The molecule has 7 nitrogen and oxygen atoms in total. The van der Waals surface area contributed by atoms with E-state index in [9.17, 15) is 9.59 Å². The Morgan fingerprint density at radius 1 is 1.37 bits per heavy atom. The smallest absolute Gasteiger partial charge is 0.311 e. The topological polar surface area (TPSA) is 78.0 Å². The molecule has 0 radical (unpaired) electrons. The third kappa shape index (κ3) is 3.03. The van der Waals surface area contributed by atoms with Crippen molar-refractivity contribution in [1.29, 1.82) is 5.26 Å². The second-order valence-electron chi connectivity index (χ2n) is 6.69. The molecule has 0 N–H and O–H groups in total. The molecule has 0 atom stereocenters. The highest BCUT2D eigenvalue weighted by Crippen LogP contribution is 2.44. The van der Waals surface area contributed by atoms with Crippen molar-refractivity contribution in [2.75, 3.05) is 24.8 Å². The molecule has 140 valence electrons. The third-order valence-electron chi connectivity index (χ3n) is 5.30. The van der Waals surface area contributed by atoms with Crippen molar-refractivity contribution in [1.82, 2.24) is 4.90 Å². The van der Waals surface area contributed by atoms with E-state index in [1.165, 1.54) is 11.0 Å². The zero-order valence-electron chi connectivity index (χ0n) is 15.0. The number of nitrogens with zero attached hydrogens (tertiary/aromatic N) is 4. The fraction of sp³-hybridized carbons (Fsp3) is 0.474. The number of ether oxygens (including phenoxy) is 1. The zero-order valence-corrected chi connectivity index (χ0v) is 15.8. The van der Waals surface area contributed by atoms with Crippen LogP contribution in [-0.4, -0.2) is 42.3 Å². The van der Waals surface area contributed by atoms with Crippen molar-refractivity contribution < 1.29 is 14.3 Å². The lowest BCUT2D eigenvalue weighted by atomic mass is 9.95. The van der Waals surface area contributed by atoms with Gasteiger partial charge >= 0.3 is 12.8 Å². The fourth-order valence-corrected chi connectivity index (χ4v) is 4.15. The summed E-state index contributed by atoms with van der Waals surface area (Å²) in [5.74, 6) is -0.251. The highest BCUT2D eigenvalue weighted by Gasteiger charge is 2.58. The van der Waals surface area contributed by atoms with Gasteiger partial charge in [0.1, 0.15) is 11.6 Å². The van der Waals surface area contributed by atoms with E-state index in [0.717, 1.165) is 12.8 Å². The summed E-state index contributed by atoms with van der Waals surface area (Å²) >= 11 is 6.24. The summed E-state index contributed by atoms with van der Waals surface area (Å²) in [7, 11) is 0. The first-order valence-corrected chi connectivity index (χ1v) is 9.12. The lowest BCUT2D eigenvalue weighted by molar-refractivity contribution is -0.124. The van der Waals surface area contributed by atoms with Crippen LogP contribution in [0.2, 0.25) is 5.02 Å². The Morgan fingerprint density at radius 2 is 2.07 bits per heavy atom. The molecule has 0 aromatic heterocycles. The van der Waals surface area contributed by atoms with Gasteiger partial charge in [0.25, 0.3) is 5.91 Å². The summed E-state index contributed by atoms with van der Waals surface area (Å²) in [4.78, 5) is 32.4. The quantitative estimate of drug-likeness (QED) is 0.441. The molecule has 8 heteroatoms. The van der Waals surface area contributed by atoms with Gasteiger partial charge in [-0.15, -0.1) is 0 Å². The van der Waals surface area contributed by atoms with Crippen molar-refractivity contribution in [3.63, 3.8) is 0 Å². The van der Waals surface area contributed by atoms with Gasteiger partial charge in [-0.3, -0.25) is 9.64 Å². The molecule has 27 heavy (non-hydrogen) atoms. The van der Waals surface area contributed by atoms with Crippen molar-refractivity contribution in [2.24, 2.45) is 0 Å². The van der Waals surface area contributed by atoms with Crippen LogP contribution in [0.3, 0.4) is 0 Å². The average molecular weight is 387 g/mol. The molecule has 0 unspecified atom stereocenters. The van der Waals surface area contributed by atoms with Crippen molar-refractivity contribution in [3.8, 4) is 6.07 Å². The van der Waals surface area contributed by atoms with Crippen LogP contribution in [0.1, 0.15) is 36.8 Å². The van der Waals surface area contributed by atoms with Crippen LogP contribution in [-0.2, 0) is 9.53 Å². The van der Waals surface area contributed by atoms with Gasteiger partial charge in [-0.25, -0.2) is 16.3 Å². The lowest BCUT2D eigenvalue weighted by Gasteiger charge is -2.30. The number of hydrogen-bond acceptors (Lipinski definition) is 4. The Morgan fingerprint density at radius 3 is 2.70 bits per heavy atom. The van der Waals surface area contributed by atoms with Crippen LogP contribution in [0.5, 0.6) is 0 Å². The van der Waals surface area contributed by atoms with Gasteiger partial charge in [0.2, 0.25) is 0 Å². The molecule has 3 rings (SSSR count). The first-order chi connectivity index (χ1) is 13.0. The van der Waals surface area contributed by atoms with E-state index in [1.54, 1.807) is 17.9 Å². The van der Waals surface area contributed by atoms with E-state index in [0.29, 0.717) is 29.7 Å². The molecule has 1 heterocycles. The minimum atomic E-state index is -0.856. The molecule has 2 fully saturated rings. The molecule has 1 aliphatic carbocycles. The van der Waals surface area contributed by atoms with Crippen LogP contribution in [0.15, 0.2) is 12.1 Å². The minimum absolute atomic E-state index is 0.0724. The molecule has 2 aliphatic rings. The van der Waals surface area contributed by atoms with Crippen LogP contribution in [0.4, 0.5) is 10.5 Å². The maximum atomic E-state index is 13.3. The van der Waals surface area contributed by atoms with Gasteiger partial charge in [0, 0.05) is 6.54 Å². The zero-order chi connectivity index (χ0) is 19.6. The van der Waals surface area contributed by atoms with Crippen molar-refractivity contribution in [2.45, 2.75) is 38.1 Å². The molecular weight excluding hydrogens is 368 g/mol. The van der Waals surface area contributed by atoms with Gasteiger partial charge in [-0.05, 0) is 37.5 Å². The summed E-state index contributed by atoms with van der Waals surface area (Å²) in [5, 5.41) is 9.37. The van der Waals surface area contributed by atoms with E-state index in [1.807, 2.05) is 6.07 Å². The van der Waals surface area contributed by atoms with E-state index in [-0.39, 0.29) is 30.8 Å². The first kappa shape index (κ1) is 19.2. The number of rotatable bonds is 5. The molecular formula is C19H19ClN4O3. The predicted octanol–water partition coefficient (Wildman–Crippen LogP) is 3.49. The largest absolute Gasteiger partial charge is 0.332 e. The molecule has 1 aliphatic heterocycles. The second-order valence-corrected chi connectivity index (χ2v) is 7.07. The number of benzene rings is 1. The number of anilines is 1. The van der Waals surface area contributed by atoms with Gasteiger partial charge in [0.15, 0.2) is 0 Å². The molecule has 1 aromatic rings. The standard InChI is InChI=1S/C19H19ClN4O3/c1-13-15(6-5-14(11-21)16(13)20)24-17(25)19(7-3-4-8-19)23(18(24)26)9-10-27-12-22-2/h5-6H,3-4,7-10,12H2,1H3. The molecule has 1 saturated carbocycles. The van der Waals surface area contributed by atoms with Gasteiger partial charge < -0.3 is 9.64 Å². The summed E-state index contributed by atoms with van der Waals surface area (Å²) in [6.07, 6.45) is 2.97. The number of nitriles is 1. The van der Waals surface area contributed by atoms with E-state index < -0.39 is 11.6 Å². The summed E-state index contributed by atoms with van der Waals surface area (Å²) in [5.41, 5.74) is 0.379. The highest BCUT2D eigenvalue weighted by molar-refractivity contribution is 6.33. The Labute approximate surface area is 162 Å². The Balaban J connectivity index is 1.97. The van der Waals surface area contributed by atoms with Gasteiger partial charge in [-0.1, -0.05) is 24.4 Å². The highest BCUT2D eigenvalue weighted by atomic mass is 35.5. The number of halogens is 1. The maximum Gasteiger partial charge on any atom is 0.332 e. The number of imide groups is 1. The van der Waals surface area contributed by atoms with Gasteiger partial charge in [-0.2, -0.15) is 5.26 Å².